The lowest BCUT2D eigenvalue weighted by Crippen LogP contribution is -2.41. The maximum Gasteiger partial charge on any atom is 0.192 e. The molecule has 2 aromatic rings. The molecule has 1 N–H and O–H groups in total. The Labute approximate surface area is 147 Å². The highest BCUT2D eigenvalue weighted by atomic mass is 28.4. The second-order valence-electron chi connectivity index (χ2n) is 8.11. The molecule has 0 saturated carbocycles. The van der Waals surface area contributed by atoms with E-state index in [2.05, 4.69) is 59.8 Å². The highest BCUT2D eigenvalue weighted by Gasteiger charge is 2.37. The number of benzene rings is 1. The lowest BCUT2D eigenvalue weighted by Gasteiger charge is -2.36. The first-order valence-electron chi connectivity index (χ1n) is 8.78. The van der Waals surface area contributed by atoms with E-state index in [0.717, 1.165) is 28.6 Å². The zero-order chi connectivity index (χ0) is 18.1. The average Bonchev–Trinajstić information content (AvgIpc) is 2.50. The molecule has 1 aromatic carbocycles. The molecule has 0 spiro atoms. The summed E-state index contributed by atoms with van der Waals surface area (Å²) in [5, 5.41) is 12.0. The van der Waals surface area contributed by atoms with Crippen molar-refractivity contribution < 1.29 is 9.53 Å². The van der Waals surface area contributed by atoms with E-state index in [-0.39, 0.29) is 5.04 Å². The molecule has 1 heterocycles. The van der Waals surface area contributed by atoms with Gasteiger partial charge in [-0.15, -0.1) is 0 Å². The molecule has 4 heteroatoms. The SMILES string of the molecule is CCc1nc2c([C@H](O)CO[Si](C)(C)C(C)(C)C)cccc2cc1C. The van der Waals surface area contributed by atoms with Gasteiger partial charge < -0.3 is 9.53 Å². The first kappa shape index (κ1) is 19.1. The van der Waals surface area contributed by atoms with Gasteiger partial charge in [0.15, 0.2) is 8.32 Å². The molecule has 0 radical (unpaired) electrons. The largest absolute Gasteiger partial charge is 0.414 e. The molecule has 0 aliphatic carbocycles. The van der Waals surface area contributed by atoms with E-state index in [1.54, 1.807) is 0 Å². The molecular weight excluding hydrogens is 314 g/mol. The minimum Gasteiger partial charge on any atom is -0.414 e. The Morgan fingerprint density at radius 3 is 2.50 bits per heavy atom. The first-order chi connectivity index (χ1) is 11.1. The van der Waals surface area contributed by atoms with Crippen LogP contribution in [-0.4, -0.2) is 25.0 Å². The number of rotatable bonds is 5. The van der Waals surface area contributed by atoms with Crippen molar-refractivity contribution in [2.24, 2.45) is 0 Å². The zero-order valence-electron chi connectivity index (χ0n) is 16.1. The Morgan fingerprint density at radius 2 is 1.92 bits per heavy atom. The second-order valence-corrected chi connectivity index (χ2v) is 12.9. The van der Waals surface area contributed by atoms with Gasteiger partial charge in [-0.3, -0.25) is 4.98 Å². The van der Waals surface area contributed by atoms with Gasteiger partial charge in [-0.05, 0) is 43.1 Å². The van der Waals surface area contributed by atoms with E-state index in [4.69, 9.17) is 9.41 Å². The molecule has 0 unspecified atom stereocenters. The van der Waals surface area contributed by atoms with Gasteiger partial charge in [0.2, 0.25) is 0 Å². The predicted molar refractivity (Wildman–Crippen MR) is 104 cm³/mol. The van der Waals surface area contributed by atoms with Crippen molar-refractivity contribution in [1.29, 1.82) is 0 Å². The Balaban J connectivity index is 2.31. The van der Waals surface area contributed by atoms with Crippen LogP contribution < -0.4 is 0 Å². The summed E-state index contributed by atoms with van der Waals surface area (Å²) in [6, 6.07) is 8.16. The highest BCUT2D eigenvalue weighted by Crippen LogP contribution is 2.37. The Kier molecular flexibility index (Phi) is 5.53. The summed E-state index contributed by atoms with van der Waals surface area (Å²) >= 11 is 0. The van der Waals surface area contributed by atoms with E-state index >= 15 is 0 Å². The van der Waals surface area contributed by atoms with Crippen molar-refractivity contribution in [3.63, 3.8) is 0 Å². The number of para-hydroxylation sites is 1. The van der Waals surface area contributed by atoms with Crippen molar-refractivity contribution in [2.75, 3.05) is 6.61 Å². The van der Waals surface area contributed by atoms with Gasteiger partial charge in [-0.25, -0.2) is 0 Å². The molecule has 0 fully saturated rings. The molecule has 3 nitrogen and oxygen atoms in total. The number of aromatic nitrogens is 1. The Hall–Kier alpha value is -1.23. The molecule has 24 heavy (non-hydrogen) atoms. The fraction of sp³-hybridized carbons (Fsp3) is 0.550. The number of aliphatic hydroxyl groups excluding tert-OH is 1. The summed E-state index contributed by atoms with van der Waals surface area (Å²) in [4.78, 5) is 4.80. The van der Waals surface area contributed by atoms with Crippen LogP contribution in [0.2, 0.25) is 18.1 Å². The standard InChI is InChI=1S/C20H31NO2Si/c1-8-17-14(2)12-15-10-9-11-16(19(15)21-17)18(22)13-23-24(6,7)20(3,4)5/h9-12,18,22H,8,13H2,1-7H3/t18-/m1/s1. The van der Waals surface area contributed by atoms with Crippen LogP contribution in [0.25, 0.3) is 10.9 Å². The van der Waals surface area contributed by atoms with Crippen LogP contribution in [0.15, 0.2) is 24.3 Å². The summed E-state index contributed by atoms with van der Waals surface area (Å²) in [5.41, 5.74) is 4.05. The molecule has 0 aliphatic heterocycles. The van der Waals surface area contributed by atoms with E-state index in [0.29, 0.717) is 6.61 Å². The van der Waals surface area contributed by atoms with Crippen LogP contribution in [0.3, 0.4) is 0 Å². The Morgan fingerprint density at radius 1 is 1.25 bits per heavy atom. The number of nitrogens with zero attached hydrogens (tertiary/aromatic N) is 1. The summed E-state index contributed by atoms with van der Waals surface area (Å²) < 4.78 is 6.20. The number of hydrogen-bond acceptors (Lipinski definition) is 3. The van der Waals surface area contributed by atoms with Crippen molar-refractivity contribution in [3.8, 4) is 0 Å². The van der Waals surface area contributed by atoms with Crippen LogP contribution in [0.1, 0.15) is 50.6 Å². The predicted octanol–water partition coefficient (Wildman–Crippen LogP) is 5.16. The van der Waals surface area contributed by atoms with Gasteiger partial charge in [0, 0.05) is 16.6 Å². The van der Waals surface area contributed by atoms with Gasteiger partial charge in [0.25, 0.3) is 0 Å². The van der Waals surface area contributed by atoms with Gasteiger partial charge in [0.1, 0.15) is 6.10 Å². The minimum absolute atomic E-state index is 0.135. The van der Waals surface area contributed by atoms with Crippen molar-refractivity contribution in [1.82, 2.24) is 4.98 Å². The molecule has 0 aliphatic rings. The van der Waals surface area contributed by atoms with E-state index in [1.807, 2.05) is 12.1 Å². The van der Waals surface area contributed by atoms with E-state index < -0.39 is 14.4 Å². The first-order valence-corrected chi connectivity index (χ1v) is 11.7. The molecule has 0 saturated heterocycles. The quantitative estimate of drug-likeness (QED) is 0.761. The molecule has 0 amide bonds. The van der Waals surface area contributed by atoms with Gasteiger partial charge in [-0.2, -0.15) is 0 Å². The van der Waals surface area contributed by atoms with Gasteiger partial charge in [-0.1, -0.05) is 45.9 Å². The number of pyridine rings is 1. The summed E-state index contributed by atoms with van der Waals surface area (Å²) in [5.74, 6) is 0. The van der Waals surface area contributed by atoms with Crippen molar-refractivity contribution in [3.05, 3.63) is 41.1 Å². The second kappa shape index (κ2) is 6.94. The molecule has 1 aromatic heterocycles. The highest BCUT2D eigenvalue weighted by molar-refractivity contribution is 6.74. The van der Waals surface area contributed by atoms with E-state index in [1.165, 1.54) is 5.56 Å². The van der Waals surface area contributed by atoms with E-state index in [9.17, 15) is 5.11 Å². The fourth-order valence-electron chi connectivity index (χ4n) is 2.59. The van der Waals surface area contributed by atoms with Crippen molar-refractivity contribution in [2.45, 2.75) is 65.3 Å². The third-order valence-corrected chi connectivity index (χ3v) is 9.78. The van der Waals surface area contributed by atoms with Crippen LogP contribution in [0.5, 0.6) is 0 Å². The summed E-state index contributed by atoms with van der Waals surface area (Å²) in [6.45, 7) is 15.6. The number of hydrogen-bond donors (Lipinski definition) is 1. The topological polar surface area (TPSA) is 42.4 Å². The third kappa shape index (κ3) is 3.87. The monoisotopic (exact) mass is 345 g/mol. The molecule has 2 rings (SSSR count). The lowest BCUT2D eigenvalue weighted by atomic mass is 10.0. The average molecular weight is 346 g/mol. The minimum atomic E-state index is -1.88. The number of fused-ring (bicyclic) bond motifs is 1. The summed E-state index contributed by atoms with van der Waals surface area (Å²) in [7, 11) is -1.88. The van der Waals surface area contributed by atoms with Crippen LogP contribution in [0.4, 0.5) is 0 Å². The normalized spacial score (nSPS) is 14.2. The maximum absolute atomic E-state index is 10.7. The smallest absolute Gasteiger partial charge is 0.192 e. The molecule has 0 bridgehead atoms. The van der Waals surface area contributed by atoms with Gasteiger partial charge in [0.05, 0.1) is 12.1 Å². The van der Waals surface area contributed by atoms with Crippen LogP contribution >= 0.6 is 0 Å². The number of aryl methyl sites for hydroxylation is 2. The van der Waals surface area contributed by atoms with Crippen LogP contribution in [-0.2, 0) is 10.8 Å². The molecule has 132 valence electrons. The van der Waals surface area contributed by atoms with Crippen LogP contribution in [0, 0.1) is 6.92 Å². The fourth-order valence-corrected chi connectivity index (χ4v) is 3.59. The third-order valence-electron chi connectivity index (χ3n) is 5.27. The summed E-state index contributed by atoms with van der Waals surface area (Å²) in [6.07, 6.45) is 0.245. The molecular formula is C20H31NO2Si. The Bertz CT molecular complexity index is 719. The van der Waals surface area contributed by atoms with Crippen molar-refractivity contribution >= 4 is 19.2 Å². The number of aliphatic hydroxyl groups is 1. The maximum atomic E-state index is 10.7. The lowest BCUT2D eigenvalue weighted by molar-refractivity contribution is 0.101. The van der Waals surface area contributed by atoms with Gasteiger partial charge >= 0.3 is 0 Å². The molecule has 1 atom stereocenters. The zero-order valence-corrected chi connectivity index (χ0v) is 17.1.